The molecule has 1 unspecified atom stereocenters. The average molecular weight is 253 g/mol. The Balaban J connectivity index is 2.65. The average Bonchev–Trinajstić information content (AvgIpc) is 2.50. The summed E-state index contributed by atoms with van der Waals surface area (Å²) in [5, 5.41) is 9.55. The van der Waals surface area contributed by atoms with Crippen LogP contribution in [0.1, 0.15) is 40.0 Å². The normalized spacial score (nSPS) is 23.1. The molecule has 0 saturated carbocycles. The van der Waals surface area contributed by atoms with Gasteiger partial charge in [0.2, 0.25) is 6.19 Å². The van der Waals surface area contributed by atoms with Crippen molar-refractivity contribution in [2.24, 2.45) is 16.3 Å². The highest BCUT2D eigenvalue weighted by atomic mass is 32.2. The minimum absolute atomic E-state index is 0.391. The number of hydrogen-bond acceptors (Lipinski definition) is 3. The van der Waals surface area contributed by atoms with Gasteiger partial charge in [0.05, 0.1) is 0 Å². The molecule has 0 aromatic rings. The van der Waals surface area contributed by atoms with Crippen LogP contribution in [0.25, 0.3) is 0 Å². The Hall–Kier alpha value is -0.690. The van der Waals surface area contributed by atoms with Crippen LogP contribution in [0.3, 0.4) is 0 Å². The molecule has 0 radical (unpaired) electrons. The lowest BCUT2D eigenvalue weighted by Gasteiger charge is -2.30. The van der Waals surface area contributed by atoms with E-state index < -0.39 is 0 Å². The van der Waals surface area contributed by atoms with Crippen LogP contribution >= 0.6 is 11.8 Å². The second-order valence-electron chi connectivity index (χ2n) is 5.68. The van der Waals surface area contributed by atoms with Crippen LogP contribution in [0, 0.1) is 22.8 Å². The van der Waals surface area contributed by atoms with Crippen molar-refractivity contribution in [2.75, 3.05) is 19.3 Å². The quantitative estimate of drug-likeness (QED) is 0.377. The van der Waals surface area contributed by atoms with Crippen LogP contribution in [0.2, 0.25) is 0 Å². The van der Waals surface area contributed by atoms with Crippen LogP contribution in [-0.2, 0) is 0 Å². The second-order valence-corrected chi connectivity index (χ2v) is 6.45. The third-order valence-electron chi connectivity index (χ3n) is 3.55. The first kappa shape index (κ1) is 14.4. The molecule has 1 atom stereocenters. The summed E-state index contributed by atoms with van der Waals surface area (Å²) in [6.07, 6.45) is 7.58. The Morgan fingerprint density at radius 3 is 2.59 bits per heavy atom. The monoisotopic (exact) mass is 253 g/mol. The SMILES string of the molecule is CSC(=NC#N)N1CCCC(C(C)(C)C)CC1. The molecule has 0 aromatic carbocycles. The van der Waals surface area contributed by atoms with Crippen molar-refractivity contribution in [1.29, 1.82) is 5.26 Å². The van der Waals surface area contributed by atoms with E-state index in [0.29, 0.717) is 5.41 Å². The molecule has 3 nitrogen and oxygen atoms in total. The van der Waals surface area contributed by atoms with Crippen molar-refractivity contribution in [1.82, 2.24) is 4.90 Å². The zero-order valence-electron chi connectivity index (χ0n) is 11.4. The Kier molecular flexibility index (Phi) is 5.32. The third kappa shape index (κ3) is 4.23. The van der Waals surface area contributed by atoms with E-state index in [1.54, 1.807) is 11.8 Å². The largest absolute Gasteiger partial charge is 0.351 e. The maximum absolute atomic E-state index is 8.67. The van der Waals surface area contributed by atoms with Crippen LogP contribution in [0.4, 0.5) is 0 Å². The van der Waals surface area contributed by atoms with Crippen molar-refractivity contribution >= 4 is 16.9 Å². The Labute approximate surface area is 109 Å². The number of nitrogens with zero attached hydrogens (tertiary/aromatic N) is 3. The van der Waals surface area contributed by atoms with Gasteiger partial charge in [-0.3, -0.25) is 0 Å². The highest BCUT2D eigenvalue weighted by Crippen LogP contribution is 2.34. The molecule has 1 aliphatic rings. The fraction of sp³-hybridized carbons (Fsp3) is 0.846. The Bertz CT molecular complexity index is 312. The van der Waals surface area contributed by atoms with Gasteiger partial charge in [-0.25, -0.2) is 0 Å². The molecule has 1 fully saturated rings. The van der Waals surface area contributed by atoms with E-state index in [1.807, 2.05) is 12.4 Å². The highest BCUT2D eigenvalue weighted by molar-refractivity contribution is 8.13. The van der Waals surface area contributed by atoms with Crippen LogP contribution in [0.15, 0.2) is 4.99 Å². The van der Waals surface area contributed by atoms with E-state index in [1.165, 1.54) is 19.3 Å². The number of rotatable bonds is 0. The topological polar surface area (TPSA) is 39.4 Å². The van der Waals surface area contributed by atoms with Gasteiger partial charge in [-0.15, -0.1) is 4.99 Å². The lowest BCUT2D eigenvalue weighted by molar-refractivity contribution is 0.216. The molecule has 4 heteroatoms. The Morgan fingerprint density at radius 2 is 2.06 bits per heavy atom. The van der Waals surface area contributed by atoms with Gasteiger partial charge < -0.3 is 4.90 Å². The fourth-order valence-electron chi connectivity index (χ4n) is 2.44. The van der Waals surface area contributed by atoms with Crippen molar-refractivity contribution in [3.8, 4) is 6.19 Å². The molecule has 1 rings (SSSR count). The molecule has 1 aliphatic heterocycles. The van der Waals surface area contributed by atoms with Crippen molar-refractivity contribution in [3.63, 3.8) is 0 Å². The summed E-state index contributed by atoms with van der Waals surface area (Å²) < 4.78 is 0. The third-order valence-corrected chi connectivity index (χ3v) is 4.27. The number of nitriles is 1. The van der Waals surface area contributed by atoms with E-state index in [2.05, 4.69) is 30.7 Å². The number of thioether (sulfide) groups is 1. The summed E-state index contributed by atoms with van der Waals surface area (Å²) in [6.45, 7) is 9.04. The molecule has 0 aromatic heterocycles. The molecule has 1 saturated heterocycles. The zero-order chi connectivity index (χ0) is 12.9. The summed E-state index contributed by atoms with van der Waals surface area (Å²) in [7, 11) is 0. The molecule has 0 spiro atoms. The lowest BCUT2D eigenvalue weighted by atomic mass is 9.77. The standard InChI is InChI=1S/C13H23N3S/c1-13(2,3)11-6-5-8-16(9-7-11)12(17-4)15-10-14/h11H,5-9H2,1-4H3. The van der Waals surface area contributed by atoms with E-state index in [4.69, 9.17) is 5.26 Å². The lowest BCUT2D eigenvalue weighted by Crippen LogP contribution is -2.30. The summed E-state index contributed by atoms with van der Waals surface area (Å²) in [5.74, 6) is 0.776. The minimum Gasteiger partial charge on any atom is -0.351 e. The van der Waals surface area contributed by atoms with E-state index in [0.717, 1.165) is 24.2 Å². The van der Waals surface area contributed by atoms with E-state index >= 15 is 0 Å². The van der Waals surface area contributed by atoms with Gasteiger partial charge in [-0.2, -0.15) is 5.26 Å². The first-order chi connectivity index (χ1) is 7.99. The molecule has 96 valence electrons. The number of likely N-dealkylation sites (tertiary alicyclic amines) is 1. The van der Waals surface area contributed by atoms with Crippen LogP contribution in [-0.4, -0.2) is 29.4 Å². The smallest absolute Gasteiger partial charge is 0.208 e. The molecular formula is C13H23N3S. The number of aliphatic imine (C=N–C) groups is 1. The van der Waals surface area contributed by atoms with Crippen LogP contribution < -0.4 is 0 Å². The molecule has 17 heavy (non-hydrogen) atoms. The van der Waals surface area contributed by atoms with Gasteiger partial charge in [-0.05, 0) is 36.9 Å². The molecule has 0 bridgehead atoms. The molecular weight excluding hydrogens is 230 g/mol. The van der Waals surface area contributed by atoms with Gasteiger partial charge in [0.1, 0.15) is 0 Å². The molecule has 1 heterocycles. The van der Waals surface area contributed by atoms with Gasteiger partial charge in [0.15, 0.2) is 5.17 Å². The summed E-state index contributed by atoms with van der Waals surface area (Å²) in [4.78, 5) is 6.17. The van der Waals surface area contributed by atoms with E-state index in [-0.39, 0.29) is 0 Å². The maximum atomic E-state index is 8.67. The predicted octanol–water partition coefficient (Wildman–Crippen LogP) is 3.33. The van der Waals surface area contributed by atoms with Crippen molar-refractivity contribution < 1.29 is 0 Å². The predicted molar refractivity (Wildman–Crippen MR) is 74.9 cm³/mol. The summed E-state index contributed by atoms with van der Waals surface area (Å²) >= 11 is 1.57. The molecule has 0 amide bonds. The number of hydrogen-bond donors (Lipinski definition) is 0. The van der Waals surface area contributed by atoms with E-state index in [9.17, 15) is 0 Å². The first-order valence-electron chi connectivity index (χ1n) is 6.24. The Morgan fingerprint density at radius 1 is 1.35 bits per heavy atom. The highest BCUT2D eigenvalue weighted by Gasteiger charge is 2.27. The van der Waals surface area contributed by atoms with Crippen LogP contribution in [0.5, 0.6) is 0 Å². The van der Waals surface area contributed by atoms with Gasteiger partial charge in [0.25, 0.3) is 0 Å². The van der Waals surface area contributed by atoms with Gasteiger partial charge >= 0.3 is 0 Å². The fourth-order valence-corrected chi connectivity index (χ4v) is 3.01. The van der Waals surface area contributed by atoms with Gasteiger partial charge in [-0.1, -0.05) is 32.5 Å². The summed E-state index contributed by atoms with van der Waals surface area (Å²) in [6, 6.07) is 0. The minimum atomic E-state index is 0.391. The summed E-state index contributed by atoms with van der Waals surface area (Å²) in [5.41, 5.74) is 0.391. The maximum Gasteiger partial charge on any atom is 0.208 e. The second kappa shape index (κ2) is 6.30. The van der Waals surface area contributed by atoms with Crippen molar-refractivity contribution in [2.45, 2.75) is 40.0 Å². The zero-order valence-corrected chi connectivity index (χ0v) is 12.2. The first-order valence-corrected chi connectivity index (χ1v) is 7.47. The molecule has 0 N–H and O–H groups in total. The van der Waals surface area contributed by atoms with Gasteiger partial charge in [0, 0.05) is 13.1 Å². The molecule has 0 aliphatic carbocycles. The number of amidine groups is 1. The van der Waals surface area contributed by atoms with Crippen molar-refractivity contribution in [3.05, 3.63) is 0 Å².